The van der Waals surface area contributed by atoms with Gasteiger partial charge in [-0.05, 0) is 30.5 Å². The van der Waals surface area contributed by atoms with E-state index < -0.39 is 0 Å². The molecule has 5 nitrogen and oxygen atoms in total. The Labute approximate surface area is 170 Å². The van der Waals surface area contributed by atoms with Gasteiger partial charge in [0.05, 0.1) is 17.4 Å². The molecule has 2 aromatic rings. The molecule has 2 N–H and O–H groups in total. The lowest BCUT2D eigenvalue weighted by Crippen LogP contribution is -2.32. The maximum absolute atomic E-state index is 12.5. The molecule has 1 aliphatic heterocycles. The number of anilines is 1. The molecular formula is C22H26N2O3S. The molecule has 3 rings (SSSR count). The van der Waals surface area contributed by atoms with Gasteiger partial charge in [-0.15, -0.1) is 0 Å². The van der Waals surface area contributed by atoms with Crippen molar-refractivity contribution in [2.24, 2.45) is 0 Å². The Hall–Kier alpha value is -2.31. The fourth-order valence-electron chi connectivity index (χ4n) is 3.04. The van der Waals surface area contributed by atoms with Gasteiger partial charge >= 0.3 is 0 Å². The molecule has 2 aromatic carbocycles. The molecule has 0 aliphatic carbocycles. The quantitative estimate of drug-likeness (QED) is 0.630. The van der Waals surface area contributed by atoms with Gasteiger partial charge in [-0.3, -0.25) is 9.59 Å². The lowest BCUT2D eigenvalue weighted by Gasteiger charge is -2.13. The SMILES string of the molecule is O=C(CCSCc1ccccc1)Nc1ccccc1C(=O)NC[C@H]1CCCO1. The van der Waals surface area contributed by atoms with Gasteiger partial charge in [-0.1, -0.05) is 42.5 Å². The molecule has 1 aliphatic rings. The summed E-state index contributed by atoms with van der Waals surface area (Å²) < 4.78 is 5.53. The average molecular weight is 399 g/mol. The van der Waals surface area contributed by atoms with Crippen LogP contribution in [0.25, 0.3) is 0 Å². The summed E-state index contributed by atoms with van der Waals surface area (Å²) >= 11 is 1.72. The van der Waals surface area contributed by atoms with E-state index in [0.717, 1.165) is 31.0 Å². The number of hydrogen-bond acceptors (Lipinski definition) is 4. The average Bonchev–Trinajstić information content (AvgIpc) is 3.24. The van der Waals surface area contributed by atoms with Crippen LogP contribution in [-0.2, 0) is 15.3 Å². The highest BCUT2D eigenvalue weighted by Gasteiger charge is 2.18. The summed E-state index contributed by atoms with van der Waals surface area (Å²) in [6.45, 7) is 1.26. The number of ether oxygens (including phenoxy) is 1. The summed E-state index contributed by atoms with van der Waals surface area (Å²) in [6.07, 6.45) is 2.50. The molecule has 1 atom stereocenters. The number of thioether (sulfide) groups is 1. The molecule has 0 bridgehead atoms. The fraction of sp³-hybridized carbons (Fsp3) is 0.364. The number of nitrogens with one attached hydrogen (secondary N) is 2. The maximum atomic E-state index is 12.5. The maximum Gasteiger partial charge on any atom is 0.253 e. The molecule has 1 fully saturated rings. The number of para-hydroxylation sites is 1. The second-order valence-electron chi connectivity index (χ2n) is 6.73. The summed E-state index contributed by atoms with van der Waals surface area (Å²) in [5.41, 5.74) is 2.28. The van der Waals surface area contributed by atoms with Crippen LogP contribution in [0.2, 0.25) is 0 Å². The predicted octanol–water partition coefficient (Wildman–Crippen LogP) is 3.86. The molecule has 0 saturated carbocycles. The van der Waals surface area contributed by atoms with Crippen LogP contribution in [0, 0.1) is 0 Å². The van der Waals surface area contributed by atoms with Crippen molar-refractivity contribution >= 4 is 29.3 Å². The number of hydrogen-bond donors (Lipinski definition) is 2. The van der Waals surface area contributed by atoms with Crippen LogP contribution in [0.3, 0.4) is 0 Å². The normalized spacial score (nSPS) is 15.9. The molecule has 6 heteroatoms. The highest BCUT2D eigenvalue weighted by atomic mass is 32.2. The van der Waals surface area contributed by atoms with Gasteiger partial charge in [0.1, 0.15) is 0 Å². The van der Waals surface area contributed by atoms with Crippen LogP contribution in [0.5, 0.6) is 0 Å². The predicted molar refractivity (Wildman–Crippen MR) is 114 cm³/mol. The van der Waals surface area contributed by atoms with Gasteiger partial charge in [0.25, 0.3) is 5.91 Å². The number of benzene rings is 2. The van der Waals surface area contributed by atoms with E-state index in [4.69, 9.17) is 4.74 Å². The smallest absolute Gasteiger partial charge is 0.253 e. The van der Waals surface area contributed by atoms with Crippen molar-refractivity contribution in [1.29, 1.82) is 0 Å². The van der Waals surface area contributed by atoms with Gasteiger partial charge in [-0.2, -0.15) is 11.8 Å². The number of rotatable bonds is 9. The Morgan fingerprint density at radius 1 is 1.07 bits per heavy atom. The van der Waals surface area contributed by atoms with E-state index in [1.165, 1.54) is 5.56 Å². The fourth-order valence-corrected chi connectivity index (χ4v) is 3.94. The van der Waals surface area contributed by atoms with Crippen LogP contribution >= 0.6 is 11.8 Å². The first-order valence-electron chi connectivity index (χ1n) is 9.63. The zero-order chi connectivity index (χ0) is 19.6. The topological polar surface area (TPSA) is 67.4 Å². The number of amides is 2. The second-order valence-corrected chi connectivity index (χ2v) is 7.83. The van der Waals surface area contributed by atoms with Crippen LogP contribution in [0.1, 0.15) is 35.2 Å². The van der Waals surface area contributed by atoms with Crippen molar-refractivity contribution in [2.45, 2.75) is 31.1 Å². The molecule has 1 heterocycles. The van der Waals surface area contributed by atoms with E-state index in [-0.39, 0.29) is 17.9 Å². The van der Waals surface area contributed by atoms with Crippen LogP contribution < -0.4 is 10.6 Å². The Morgan fingerprint density at radius 3 is 2.64 bits per heavy atom. The molecule has 0 aromatic heterocycles. The molecule has 0 radical (unpaired) electrons. The van der Waals surface area contributed by atoms with Crippen molar-refractivity contribution in [3.05, 3.63) is 65.7 Å². The molecule has 28 heavy (non-hydrogen) atoms. The van der Waals surface area contributed by atoms with E-state index in [2.05, 4.69) is 22.8 Å². The molecule has 2 amide bonds. The van der Waals surface area contributed by atoms with Gasteiger partial charge in [-0.25, -0.2) is 0 Å². The van der Waals surface area contributed by atoms with E-state index >= 15 is 0 Å². The van der Waals surface area contributed by atoms with Crippen LogP contribution in [-0.4, -0.2) is 36.8 Å². The third-order valence-electron chi connectivity index (χ3n) is 4.55. The molecule has 0 unspecified atom stereocenters. The van der Waals surface area contributed by atoms with E-state index in [1.807, 2.05) is 24.3 Å². The van der Waals surface area contributed by atoms with Gasteiger partial charge in [0, 0.05) is 31.1 Å². The van der Waals surface area contributed by atoms with Crippen LogP contribution in [0.4, 0.5) is 5.69 Å². The molecular weight excluding hydrogens is 372 g/mol. The van der Waals surface area contributed by atoms with Gasteiger partial charge in [0.2, 0.25) is 5.91 Å². The van der Waals surface area contributed by atoms with E-state index in [9.17, 15) is 9.59 Å². The summed E-state index contributed by atoms with van der Waals surface area (Å²) in [4.78, 5) is 24.8. The summed E-state index contributed by atoms with van der Waals surface area (Å²) in [5, 5.41) is 5.78. The summed E-state index contributed by atoms with van der Waals surface area (Å²) in [5.74, 6) is 1.34. The van der Waals surface area contributed by atoms with Crippen molar-refractivity contribution < 1.29 is 14.3 Å². The third kappa shape index (κ3) is 6.39. The van der Waals surface area contributed by atoms with Gasteiger partial charge < -0.3 is 15.4 Å². The number of carbonyl (C=O) groups excluding carboxylic acids is 2. The van der Waals surface area contributed by atoms with E-state index in [0.29, 0.717) is 24.2 Å². The first kappa shape index (κ1) is 20.4. The Balaban J connectivity index is 1.45. The van der Waals surface area contributed by atoms with Crippen molar-refractivity contribution in [3.8, 4) is 0 Å². The summed E-state index contributed by atoms with van der Waals surface area (Å²) in [6, 6.07) is 17.3. The Bertz CT molecular complexity index is 776. The van der Waals surface area contributed by atoms with Crippen LogP contribution in [0.15, 0.2) is 54.6 Å². The minimum absolute atomic E-state index is 0.0834. The number of carbonyl (C=O) groups is 2. The first-order valence-corrected chi connectivity index (χ1v) is 10.8. The molecule has 1 saturated heterocycles. The lowest BCUT2D eigenvalue weighted by molar-refractivity contribution is -0.115. The van der Waals surface area contributed by atoms with Gasteiger partial charge in [0.15, 0.2) is 0 Å². The highest BCUT2D eigenvalue weighted by Crippen LogP contribution is 2.17. The lowest BCUT2D eigenvalue weighted by atomic mass is 10.1. The van der Waals surface area contributed by atoms with Crippen molar-refractivity contribution in [3.63, 3.8) is 0 Å². The standard InChI is InChI=1S/C22H26N2O3S/c25-21(12-14-28-16-17-7-2-1-3-8-17)24-20-11-5-4-10-19(20)22(26)23-15-18-9-6-13-27-18/h1-5,7-8,10-11,18H,6,9,12-16H2,(H,23,26)(H,24,25)/t18-/m1/s1. The molecule has 0 spiro atoms. The second kappa shape index (κ2) is 10.9. The first-order chi connectivity index (χ1) is 13.7. The summed E-state index contributed by atoms with van der Waals surface area (Å²) in [7, 11) is 0. The monoisotopic (exact) mass is 398 g/mol. The Kier molecular flexibility index (Phi) is 7.94. The minimum Gasteiger partial charge on any atom is -0.376 e. The van der Waals surface area contributed by atoms with Crippen molar-refractivity contribution in [2.75, 3.05) is 24.2 Å². The largest absolute Gasteiger partial charge is 0.376 e. The zero-order valence-corrected chi connectivity index (χ0v) is 16.7. The molecule has 148 valence electrons. The Morgan fingerprint density at radius 2 is 1.86 bits per heavy atom. The zero-order valence-electron chi connectivity index (χ0n) is 15.9. The van der Waals surface area contributed by atoms with Crippen molar-refractivity contribution in [1.82, 2.24) is 5.32 Å². The highest BCUT2D eigenvalue weighted by molar-refractivity contribution is 7.98. The third-order valence-corrected chi connectivity index (χ3v) is 5.58. The van der Waals surface area contributed by atoms with E-state index in [1.54, 1.807) is 30.0 Å². The minimum atomic E-state index is -0.190.